The minimum Gasteiger partial charge on any atom is -0.438 e. The Kier molecular flexibility index (Phi) is 2.47. The van der Waals surface area contributed by atoms with Crippen molar-refractivity contribution in [3.05, 3.63) is 41.8 Å². The number of rotatable bonds is 1. The zero-order valence-corrected chi connectivity index (χ0v) is 10.6. The monoisotopic (exact) mass is 256 g/mol. The van der Waals surface area contributed by atoms with Crippen LogP contribution in [0.4, 0.5) is 0 Å². The molecule has 1 aromatic heterocycles. The topological polar surface area (TPSA) is 49.5 Å². The van der Waals surface area contributed by atoms with Gasteiger partial charge in [-0.05, 0) is 31.5 Å². The summed E-state index contributed by atoms with van der Waals surface area (Å²) in [5.74, 6) is 1.29. The van der Waals surface area contributed by atoms with E-state index in [-0.39, 0.29) is 6.04 Å². The van der Waals surface area contributed by atoms with Gasteiger partial charge in [-0.25, -0.2) is 4.98 Å². The Hall–Kier alpha value is -1.65. The van der Waals surface area contributed by atoms with E-state index in [2.05, 4.69) is 9.88 Å². The highest BCUT2D eigenvalue weighted by molar-refractivity contribution is 5.53. The Morgan fingerprint density at radius 3 is 2.95 bits per heavy atom. The van der Waals surface area contributed by atoms with Crippen LogP contribution in [0.5, 0.6) is 0 Å². The second-order valence-electron chi connectivity index (χ2n) is 5.32. The predicted octanol–water partition coefficient (Wildman–Crippen LogP) is 2.35. The van der Waals surface area contributed by atoms with Gasteiger partial charge in [-0.2, -0.15) is 0 Å². The summed E-state index contributed by atoms with van der Waals surface area (Å²) >= 11 is 0. The maximum atomic E-state index is 10.4. The molecule has 1 aromatic carbocycles. The van der Waals surface area contributed by atoms with Crippen LogP contribution in [0.25, 0.3) is 11.5 Å². The minimum absolute atomic E-state index is 0.212. The van der Waals surface area contributed by atoms with Crippen molar-refractivity contribution in [2.45, 2.75) is 31.5 Å². The summed E-state index contributed by atoms with van der Waals surface area (Å²) < 4.78 is 5.82. The number of oxazole rings is 1. The molecule has 1 N–H and O–H groups in total. The van der Waals surface area contributed by atoms with Crippen molar-refractivity contribution in [2.75, 3.05) is 6.54 Å². The van der Waals surface area contributed by atoms with Gasteiger partial charge in [0, 0.05) is 18.2 Å². The van der Waals surface area contributed by atoms with E-state index in [9.17, 15) is 5.11 Å². The normalized spacial score (nSPS) is 26.2. The van der Waals surface area contributed by atoms with Crippen molar-refractivity contribution in [3.63, 3.8) is 0 Å². The molecule has 4 rings (SSSR count). The number of aromatic nitrogens is 1. The van der Waals surface area contributed by atoms with Crippen LogP contribution in [-0.2, 0) is 6.54 Å². The second-order valence-corrected chi connectivity index (χ2v) is 5.32. The van der Waals surface area contributed by atoms with Gasteiger partial charge in [0.25, 0.3) is 0 Å². The standard InChI is InChI=1S/C15H16N2O2/c18-13-12-7-4-8-17(12)9-11-14(13)19-15(16-11)10-5-2-1-3-6-10/h1-3,5-6,12-13,18H,4,7-9H2/t12-,13+/m0/s1. The molecule has 1 fully saturated rings. The molecule has 2 atom stereocenters. The molecular weight excluding hydrogens is 240 g/mol. The van der Waals surface area contributed by atoms with Crippen molar-refractivity contribution in [2.24, 2.45) is 0 Å². The van der Waals surface area contributed by atoms with E-state index < -0.39 is 6.10 Å². The smallest absolute Gasteiger partial charge is 0.226 e. The number of fused-ring (bicyclic) bond motifs is 2. The zero-order chi connectivity index (χ0) is 12.8. The fraction of sp³-hybridized carbons (Fsp3) is 0.400. The quantitative estimate of drug-likeness (QED) is 0.851. The summed E-state index contributed by atoms with van der Waals surface area (Å²) in [6.45, 7) is 1.85. The maximum Gasteiger partial charge on any atom is 0.226 e. The van der Waals surface area contributed by atoms with Crippen molar-refractivity contribution in [1.82, 2.24) is 9.88 Å². The van der Waals surface area contributed by atoms with Crippen molar-refractivity contribution >= 4 is 0 Å². The van der Waals surface area contributed by atoms with Crippen LogP contribution in [0.15, 0.2) is 34.7 Å². The molecule has 0 unspecified atom stereocenters. The highest BCUT2D eigenvalue weighted by Gasteiger charge is 2.40. The summed E-state index contributed by atoms with van der Waals surface area (Å²) in [5.41, 5.74) is 1.86. The molecule has 0 spiro atoms. The first-order valence-electron chi connectivity index (χ1n) is 6.80. The molecule has 0 bridgehead atoms. The minimum atomic E-state index is -0.531. The third-order valence-corrected chi connectivity index (χ3v) is 4.15. The fourth-order valence-corrected chi connectivity index (χ4v) is 3.18. The van der Waals surface area contributed by atoms with Crippen molar-refractivity contribution < 1.29 is 9.52 Å². The van der Waals surface area contributed by atoms with E-state index in [1.807, 2.05) is 30.3 Å². The molecule has 2 aromatic rings. The van der Waals surface area contributed by atoms with Gasteiger partial charge in [-0.3, -0.25) is 4.90 Å². The van der Waals surface area contributed by atoms with Crippen LogP contribution >= 0.6 is 0 Å². The van der Waals surface area contributed by atoms with Crippen molar-refractivity contribution in [3.8, 4) is 11.5 Å². The third kappa shape index (κ3) is 1.71. The third-order valence-electron chi connectivity index (χ3n) is 4.15. The number of hydrogen-bond donors (Lipinski definition) is 1. The largest absolute Gasteiger partial charge is 0.438 e. The summed E-state index contributed by atoms with van der Waals surface area (Å²) in [5, 5.41) is 10.4. The van der Waals surface area contributed by atoms with Crippen LogP contribution in [0.3, 0.4) is 0 Å². The Labute approximate surface area is 111 Å². The van der Waals surface area contributed by atoms with Gasteiger partial charge in [-0.1, -0.05) is 18.2 Å². The van der Waals surface area contributed by atoms with Gasteiger partial charge in [0.2, 0.25) is 5.89 Å². The van der Waals surface area contributed by atoms with E-state index in [1.165, 1.54) is 0 Å². The van der Waals surface area contributed by atoms with Crippen LogP contribution in [-0.4, -0.2) is 27.6 Å². The van der Waals surface area contributed by atoms with Gasteiger partial charge in [0.05, 0.1) is 5.69 Å². The predicted molar refractivity (Wildman–Crippen MR) is 70.3 cm³/mol. The molecule has 0 amide bonds. The molecule has 4 nitrogen and oxygen atoms in total. The molecule has 2 aliphatic heterocycles. The summed E-state index contributed by atoms with van der Waals surface area (Å²) in [7, 11) is 0. The summed E-state index contributed by atoms with van der Waals surface area (Å²) in [6, 6.07) is 10.1. The molecule has 4 heteroatoms. The second kappa shape index (κ2) is 4.18. The number of aliphatic hydroxyl groups excluding tert-OH is 1. The Morgan fingerprint density at radius 2 is 2.11 bits per heavy atom. The average molecular weight is 256 g/mol. The molecule has 3 heterocycles. The van der Waals surface area contributed by atoms with Gasteiger partial charge in [-0.15, -0.1) is 0 Å². The molecule has 98 valence electrons. The molecule has 19 heavy (non-hydrogen) atoms. The molecule has 0 radical (unpaired) electrons. The first-order chi connectivity index (χ1) is 9.33. The molecule has 0 aliphatic carbocycles. The SMILES string of the molecule is O[C@H]1c2oc(-c3ccccc3)nc2CN2CCC[C@@H]12. The van der Waals surface area contributed by atoms with E-state index in [0.29, 0.717) is 11.7 Å². The van der Waals surface area contributed by atoms with E-state index in [1.54, 1.807) is 0 Å². The Bertz CT molecular complexity index is 593. The lowest BCUT2D eigenvalue weighted by molar-refractivity contribution is 0.0357. The molecule has 0 saturated carbocycles. The highest BCUT2D eigenvalue weighted by atomic mass is 16.4. The van der Waals surface area contributed by atoms with Crippen LogP contribution in [0.1, 0.15) is 30.4 Å². The Balaban J connectivity index is 1.75. The Morgan fingerprint density at radius 1 is 1.26 bits per heavy atom. The molecule has 1 saturated heterocycles. The maximum absolute atomic E-state index is 10.4. The van der Waals surface area contributed by atoms with Crippen LogP contribution in [0.2, 0.25) is 0 Å². The van der Waals surface area contributed by atoms with Gasteiger partial charge < -0.3 is 9.52 Å². The van der Waals surface area contributed by atoms with Gasteiger partial charge >= 0.3 is 0 Å². The lowest BCUT2D eigenvalue weighted by atomic mass is 10.0. The first-order valence-corrected chi connectivity index (χ1v) is 6.80. The zero-order valence-electron chi connectivity index (χ0n) is 10.6. The van der Waals surface area contributed by atoms with E-state index >= 15 is 0 Å². The van der Waals surface area contributed by atoms with Crippen molar-refractivity contribution in [1.29, 1.82) is 0 Å². The molecular formula is C15H16N2O2. The first kappa shape index (κ1) is 11.2. The number of aliphatic hydroxyl groups is 1. The number of nitrogens with zero attached hydrogens (tertiary/aromatic N) is 2. The highest BCUT2D eigenvalue weighted by Crippen LogP contribution is 2.38. The summed E-state index contributed by atoms with van der Waals surface area (Å²) in [6.07, 6.45) is 1.66. The average Bonchev–Trinajstić information content (AvgIpc) is 3.06. The fourth-order valence-electron chi connectivity index (χ4n) is 3.18. The van der Waals surface area contributed by atoms with E-state index in [0.717, 1.165) is 37.2 Å². The lowest BCUT2D eigenvalue weighted by Gasteiger charge is -2.31. The van der Waals surface area contributed by atoms with Gasteiger partial charge in [0.15, 0.2) is 5.76 Å². The van der Waals surface area contributed by atoms with E-state index in [4.69, 9.17) is 4.42 Å². The number of benzene rings is 1. The van der Waals surface area contributed by atoms with Gasteiger partial charge in [0.1, 0.15) is 6.10 Å². The van der Waals surface area contributed by atoms with Crippen LogP contribution < -0.4 is 0 Å². The lowest BCUT2D eigenvalue weighted by Crippen LogP contribution is -2.38. The van der Waals surface area contributed by atoms with Crippen LogP contribution in [0, 0.1) is 0 Å². The summed E-state index contributed by atoms with van der Waals surface area (Å²) in [4.78, 5) is 6.87. The number of hydrogen-bond acceptors (Lipinski definition) is 4. The molecule has 2 aliphatic rings.